The third-order valence-electron chi connectivity index (χ3n) is 4.88. The molecule has 28 heavy (non-hydrogen) atoms. The number of nitrogens with one attached hydrogen (secondary N) is 1. The van der Waals surface area contributed by atoms with E-state index in [9.17, 15) is 13.2 Å². The van der Waals surface area contributed by atoms with Crippen LogP contribution in [0.4, 0.5) is 4.79 Å². The van der Waals surface area contributed by atoms with Crippen molar-refractivity contribution in [3.05, 3.63) is 42.0 Å². The lowest BCUT2D eigenvalue weighted by molar-refractivity contribution is -0.0929. The monoisotopic (exact) mass is 407 g/mol. The van der Waals surface area contributed by atoms with E-state index in [1.54, 1.807) is 31.3 Å². The van der Waals surface area contributed by atoms with Gasteiger partial charge in [-0.25, -0.2) is 9.63 Å². The second-order valence-electron chi connectivity index (χ2n) is 7.58. The molecule has 1 N–H and O–H groups in total. The Morgan fingerprint density at radius 3 is 2.61 bits per heavy atom. The maximum atomic E-state index is 12.5. The van der Waals surface area contributed by atoms with Crippen molar-refractivity contribution >= 4 is 21.8 Å². The Morgan fingerprint density at radius 2 is 1.96 bits per heavy atom. The molecular weight excluding hydrogens is 382 g/mol. The highest BCUT2D eigenvalue weighted by Gasteiger charge is 2.49. The fourth-order valence-corrected chi connectivity index (χ4v) is 4.45. The molecule has 3 rings (SSSR count). The maximum absolute atomic E-state index is 12.5. The van der Waals surface area contributed by atoms with Gasteiger partial charge in [0, 0.05) is 25.6 Å². The number of carbonyl (C=O) groups excluding carboxylic acids is 1. The number of sulfonamides is 1. The van der Waals surface area contributed by atoms with Gasteiger partial charge in [-0.05, 0) is 26.0 Å². The van der Waals surface area contributed by atoms with E-state index in [4.69, 9.17) is 9.47 Å². The van der Waals surface area contributed by atoms with Crippen LogP contribution in [-0.4, -0.2) is 57.0 Å². The molecule has 0 unspecified atom stereocenters. The zero-order valence-corrected chi connectivity index (χ0v) is 17.2. The molecule has 1 amide bonds. The number of ether oxygens (including phenoxy) is 2. The highest BCUT2D eigenvalue weighted by Crippen LogP contribution is 2.42. The van der Waals surface area contributed by atoms with Gasteiger partial charge in [0.15, 0.2) is 0 Å². The molecule has 1 aromatic rings. The van der Waals surface area contributed by atoms with Gasteiger partial charge in [-0.15, -0.1) is 0 Å². The Labute approximate surface area is 165 Å². The number of aryl methyl sites for hydroxylation is 1. The van der Waals surface area contributed by atoms with E-state index in [1.807, 2.05) is 26.0 Å². The molecule has 0 radical (unpaired) electrons. The standard InChI is InChI=1S/C19H25N3O5S/c1-14-5-7-16(8-6-14)28(24,25)21-20-15-11-18(2)9-10-19(12-15,27-18)13-22(3)17(23)26-4/h5-10,21H,11-13H2,1-4H3/t18-,19-/m1/s1. The second-order valence-corrected chi connectivity index (χ2v) is 9.24. The minimum atomic E-state index is -3.75. The molecule has 0 saturated carbocycles. The highest BCUT2D eigenvalue weighted by molar-refractivity contribution is 7.89. The number of methoxy groups -OCH3 is 1. The summed E-state index contributed by atoms with van der Waals surface area (Å²) in [5, 5.41) is 4.18. The predicted octanol–water partition coefficient (Wildman–Crippen LogP) is 2.21. The van der Waals surface area contributed by atoms with Crippen molar-refractivity contribution in [2.75, 3.05) is 20.7 Å². The van der Waals surface area contributed by atoms with Crippen molar-refractivity contribution in [2.45, 2.75) is 42.8 Å². The summed E-state index contributed by atoms with van der Waals surface area (Å²) in [6.45, 7) is 4.07. The summed E-state index contributed by atoms with van der Waals surface area (Å²) >= 11 is 0. The molecule has 2 bridgehead atoms. The first-order chi connectivity index (χ1) is 13.1. The summed E-state index contributed by atoms with van der Waals surface area (Å²) in [7, 11) is -0.811. The summed E-state index contributed by atoms with van der Waals surface area (Å²) in [5.41, 5.74) is 0.280. The lowest BCUT2D eigenvalue weighted by Gasteiger charge is -2.40. The third-order valence-corrected chi connectivity index (χ3v) is 6.11. The lowest BCUT2D eigenvalue weighted by Crippen LogP contribution is -2.51. The molecule has 1 fully saturated rings. The van der Waals surface area contributed by atoms with E-state index >= 15 is 0 Å². The van der Waals surface area contributed by atoms with Crippen molar-refractivity contribution < 1.29 is 22.7 Å². The number of nitrogens with zero attached hydrogens (tertiary/aromatic N) is 2. The summed E-state index contributed by atoms with van der Waals surface area (Å²) in [6.07, 6.45) is 4.23. The van der Waals surface area contributed by atoms with E-state index in [0.29, 0.717) is 18.6 Å². The molecule has 1 saturated heterocycles. The van der Waals surface area contributed by atoms with Gasteiger partial charge in [-0.1, -0.05) is 29.8 Å². The van der Waals surface area contributed by atoms with Crippen LogP contribution in [0.3, 0.4) is 0 Å². The van der Waals surface area contributed by atoms with Crippen LogP contribution in [0.2, 0.25) is 0 Å². The normalized spacial score (nSPS) is 27.6. The summed E-state index contributed by atoms with van der Waals surface area (Å²) in [5.74, 6) is 0. The van der Waals surface area contributed by atoms with E-state index < -0.39 is 27.3 Å². The van der Waals surface area contributed by atoms with Crippen LogP contribution >= 0.6 is 0 Å². The molecule has 2 atom stereocenters. The quantitative estimate of drug-likeness (QED) is 0.596. The number of fused-ring (bicyclic) bond motifs is 2. The molecule has 8 nitrogen and oxygen atoms in total. The van der Waals surface area contributed by atoms with Crippen LogP contribution in [0.1, 0.15) is 25.3 Å². The van der Waals surface area contributed by atoms with Gasteiger partial charge in [0.2, 0.25) is 0 Å². The smallest absolute Gasteiger partial charge is 0.409 e. The number of hydrogen-bond donors (Lipinski definition) is 1. The first-order valence-corrected chi connectivity index (χ1v) is 10.4. The lowest BCUT2D eigenvalue weighted by atomic mass is 9.90. The largest absolute Gasteiger partial charge is 0.453 e. The number of carbonyl (C=O) groups is 1. The van der Waals surface area contributed by atoms with Gasteiger partial charge in [0.05, 0.1) is 24.2 Å². The van der Waals surface area contributed by atoms with Gasteiger partial charge >= 0.3 is 6.09 Å². The van der Waals surface area contributed by atoms with Gasteiger partial charge in [-0.2, -0.15) is 13.5 Å². The first kappa shape index (κ1) is 20.3. The van der Waals surface area contributed by atoms with Crippen molar-refractivity contribution in [3.8, 4) is 0 Å². The van der Waals surface area contributed by atoms with E-state index in [2.05, 4.69) is 9.93 Å². The minimum Gasteiger partial charge on any atom is -0.453 e. The van der Waals surface area contributed by atoms with E-state index in [0.717, 1.165) is 5.56 Å². The zero-order valence-electron chi connectivity index (χ0n) is 16.4. The summed E-state index contributed by atoms with van der Waals surface area (Å²) in [4.78, 5) is 15.7. The summed E-state index contributed by atoms with van der Waals surface area (Å²) < 4.78 is 35.9. The van der Waals surface area contributed by atoms with Crippen LogP contribution in [0, 0.1) is 6.92 Å². The Hall–Kier alpha value is -2.39. The molecule has 9 heteroatoms. The van der Waals surface area contributed by atoms with Crippen LogP contribution in [0.5, 0.6) is 0 Å². The highest BCUT2D eigenvalue weighted by atomic mass is 32.2. The van der Waals surface area contributed by atoms with E-state index in [1.165, 1.54) is 12.0 Å². The average molecular weight is 407 g/mol. The fraction of sp³-hybridized carbons (Fsp3) is 0.474. The third kappa shape index (κ3) is 4.20. The number of amides is 1. The molecule has 0 spiro atoms. The number of hydrazone groups is 1. The second kappa shape index (κ2) is 7.21. The van der Waals surface area contributed by atoms with Crippen molar-refractivity contribution in [3.63, 3.8) is 0 Å². The molecule has 1 aromatic carbocycles. The topological polar surface area (TPSA) is 97.3 Å². The van der Waals surface area contributed by atoms with Crippen LogP contribution in [0.25, 0.3) is 0 Å². The molecule has 0 aromatic heterocycles. The van der Waals surface area contributed by atoms with Gasteiger partial charge in [0.1, 0.15) is 5.60 Å². The molecule has 0 aliphatic carbocycles. The molecule has 152 valence electrons. The molecular formula is C19H25N3O5S. The van der Waals surface area contributed by atoms with Crippen molar-refractivity contribution in [1.82, 2.24) is 9.73 Å². The average Bonchev–Trinajstić information content (AvgIpc) is 2.88. The zero-order chi connectivity index (χ0) is 20.6. The molecule has 2 heterocycles. The van der Waals surface area contributed by atoms with Gasteiger partial charge < -0.3 is 14.4 Å². The molecule has 2 aliphatic heterocycles. The van der Waals surface area contributed by atoms with Crippen molar-refractivity contribution in [1.29, 1.82) is 0 Å². The predicted molar refractivity (Wildman–Crippen MR) is 105 cm³/mol. The Bertz CT molecular complexity index is 925. The van der Waals surface area contributed by atoms with Crippen LogP contribution in [-0.2, 0) is 19.5 Å². The van der Waals surface area contributed by atoms with Gasteiger partial charge in [0.25, 0.3) is 10.0 Å². The number of benzene rings is 1. The summed E-state index contributed by atoms with van der Waals surface area (Å²) in [6, 6.07) is 6.56. The SMILES string of the molecule is COC(=O)N(C)C[C@@]12C=C[C@](C)(CC(=NNS(=O)(=O)c3ccc(C)cc3)C1)O2. The Morgan fingerprint density at radius 1 is 1.29 bits per heavy atom. The minimum absolute atomic E-state index is 0.155. The van der Waals surface area contributed by atoms with E-state index in [-0.39, 0.29) is 11.4 Å². The Balaban J connectivity index is 1.78. The number of likely N-dealkylation sites (N-methyl/N-ethyl adjacent to an activating group) is 1. The fourth-order valence-electron chi connectivity index (χ4n) is 3.60. The van der Waals surface area contributed by atoms with Crippen molar-refractivity contribution in [2.24, 2.45) is 5.10 Å². The number of hydrogen-bond acceptors (Lipinski definition) is 6. The number of rotatable bonds is 5. The molecule has 2 aliphatic rings. The Kier molecular flexibility index (Phi) is 5.24. The van der Waals surface area contributed by atoms with Gasteiger partial charge in [-0.3, -0.25) is 0 Å². The van der Waals surface area contributed by atoms with Crippen LogP contribution in [0.15, 0.2) is 46.4 Å². The van der Waals surface area contributed by atoms with Crippen LogP contribution < -0.4 is 4.83 Å². The first-order valence-electron chi connectivity index (χ1n) is 8.90. The maximum Gasteiger partial charge on any atom is 0.409 e.